The number of carbonyl (C=O) groups is 1. The third-order valence-electron chi connectivity index (χ3n) is 1.27. The summed E-state index contributed by atoms with van der Waals surface area (Å²) in [5.74, 6) is 0.365. The molecule has 0 bridgehead atoms. The standard InChI is InChI=1S/C8H18N2O2/c1-6(2)5-12-8(11)10-7(3)4-9/h6-7H,4-5,9H2,1-3H3,(H,10,11)/t7-/m1/s1. The van der Waals surface area contributed by atoms with E-state index in [2.05, 4.69) is 5.32 Å². The number of amides is 1. The van der Waals surface area contributed by atoms with Crippen LogP contribution in [-0.2, 0) is 4.74 Å². The quantitative estimate of drug-likeness (QED) is 0.660. The molecule has 12 heavy (non-hydrogen) atoms. The average Bonchev–Trinajstić information content (AvgIpc) is 2.00. The monoisotopic (exact) mass is 174 g/mol. The zero-order valence-corrected chi connectivity index (χ0v) is 7.96. The summed E-state index contributed by atoms with van der Waals surface area (Å²) in [5, 5.41) is 2.60. The molecule has 0 saturated heterocycles. The van der Waals surface area contributed by atoms with Crippen molar-refractivity contribution in [2.24, 2.45) is 11.7 Å². The number of rotatable bonds is 4. The zero-order valence-electron chi connectivity index (χ0n) is 7.96. The van der Waals surface area contributed by atoms with Crippen LogP contribution in [0.5, 0.6) is 0 Å². The molecular formula is C8H18N2O2. The molecule has 0 aliphatic carbocycles. The first kappa shape index (κ1) is 11.2. The van der Waals surface area contributed by atoms with Gasteiger partial charge in [0.25, 0.3) is 0 Å². The van der Waals surface area contributed by atoms with Gasteiger partial charge in [-0.25, -0.2) is 4.79 Å². The lowest BCUT2D eigenvalue weighted by molar-refractivity contribution is 0.130. The highest BCUT2D eigenvalue weighted by Crippen LogP contribution is 1.92. The Morgan fingerprint density at radius 3 is 2.50 bits per heavy atom. The molecule has 3 N–H and O–H groups in total. The summed E-state index contributed by atoms with van der Waals surface area (Å²) in [7, 11) is 0. The Labute approximate surface area is 73.5 Å². The molecule has 0 fully saturated rings. The minimum atomic E-state index is -0.387. The van der Waals surface area contributed by atoms with Crippen molar-refractivity contribution in [3.63, 3.8) is 0 Å². The molecule has 0 aliphatic rings. The molecule has 0 saturated carbocycles. The summed E-state index contributed by atoms with van der Waals surface area (Å²) < 4.78 is 4.87. The maximum Gasteiger partial charge on any atom is 0.407 e. The largest absolute Gasteiger partial charge is 0.449 e. The van der Waals surface area contributed by atoms with Crippen LogP contribution in [0.1, 0.15) is 20.8 Å². The van der Waals surface area contributed by atoms with Crippen LogP contribution in [0.4, 0.5) is 4.79 Å². The van der Waals surface area contributed by atoms with Gasteiger partial charge in [-0.15, -0.1) is 0 Å². The first-order valence-electron chi connectivity index (χ1n) is 4.19. The number of hydrogen-bond donors (Lipinski definition) is 2. The van der Waals surface area contributed by atoms with Crippen molar-refractivity contribution in [1.82, 2.24) is 5.32 Å². The molecular weight excluding hydrogens is 156 g/mol. The molecule has 4 nitrogen and oxygen atoms in total. The summed E-state index contributed by atoms with van der Waals surface area (Å²) in [6.45, 7) is 6.68. The lowest BCUT2D eigenvalue weighted by Gasteiger charge is -2.12. The maximum absolute atomic E-state index is 10.9. The molecule has 0 aromatic heterocycles. The first-order chi connectivity index (χ1) is 5.56. The van der Waals surface area contributed by atoms with Gasteiger partial charge >= 0.3 is 6.09 Å². The molecule has 1 atom stereocenters. The second-order valence-electron chi connectivity index (χ2n) is 3.27. The Balaban J connectivity index is 3.46. The van der Waals surface area contributed by atoms with E-state index in [9.17, 15) is 4.79 Å². The molecule has 0 aromatic rings. The van der Waals surface area contributed by atoms with Crippen molar-refractivity contribution in [2.45, 2.75) is 26.8 Å². The molecule has 0 unspecified atom stereocenters. The Morgan fingerprint density at radius 1 is 1.50 bits per heavy atom. The number of nitrogens with two attached hydrogens (primary N) is 1. The van der Waals surface area contributed by atoms with Crippen molar-refractivity contribution >= 4 is 6.09 Å². The van der Waals surface area contributed by atoms with E-state index < -0.39 is 0 Å². The van der Waals surface area contributed by atoms with Gasteiger partial charge in [-0.1, -0.05) is 13.8 Å². The Bertz CT molecular complexity index is 137. The van der Waals surface area contributed by atoms with E-state index in [1.807, 2.05) is 20.8 Å². The fourth-order valence-corrected chi connectivity index (χ4v) is 0.544. The summed E-state index contributed by atoms with van der Waals surface area (Å²) in [6, 6.07) is -0.0235. The van der Waals surface area contributed by atoms with E-state index in [0.717, 1.165) is 0 Å². The minimum Gasteiger partial charge on any atom is -0.449 e. The van der Waals surface area contributed by atoms with Gasteiger partial charge in [-0.2, -0.15) is 0 Å². The van der Waals surface area contributed by atoms with Gasteiger partial charge in [0.15, 0.2) is 0 Å². The highest BCUT2D eigenvalue weighted by atomic mass is 16.5. The van der Waals surface area contributed by atoms with Gasteiger partial charge < -0.3 is 15.8 Å². The number of hydrogen-bond acceptors (Lipinski definition) is 3. The average molecular weight is 174 g/mol. The van der Waals surface area contributed by atoms with E-state index in [1.165, 1.54) is 0 Å². The first-order valence-corrected chi connectivity index (χ1v) is 4.19. The van der Waals surface area contributed by atoms with E-state index in [1.54, 1.807) is 0 Å². The number of nitrogens with one attached hydrogen (secondary N) is 1. The van der Waals surface area contributed by atoms with E-state index >= 15 is 0 Å². The van der Waals surface area contributed by atoms with Crippen molar-refractivity contribution in [3.05, 3.63) is 0 Å². The van der Waals surface area contributed by atoms with Crippen LogP contribution in [0.15, 0.2) is 0 Å². The van der Waals surface area contributed by atoms with Gasteiger partial charge in [0.2, 0.25) is 0 Å². The lowest BCUT2D eigenvalue weighted by atomic mass is 10.2. The molecule has 72 valence electrons. The van der Waals surface area contributed by atoms with Crippen LogP contribution < -0.4 is 11.1 Å². The van der Waals surface area contributed by atoms with Gasteiger partial charge in [0.05, 0.1) is 6.61 Å². The Hall–Kier alpha value is -0.770. The highest BCUT2D eigenvalue weighted by molar-refractivity contribution is 5.67. The second kappa shape index (κ2) is 5.83. The van der Waals surface area contributed by atoms with Gasteiger partial charge in [-0.05, 0) is 12.8 Å². The number of ether oxygens (including phenoxy) is 1. The summed E-state index contributed by atoms with van der Waals surface area (Å²) in [6.07, 6.45) is -0.387. The molecule has 0 aromatic carbocycles. The van der Waals surface area contributed by atoms with Crippen LogP contribution >= 0.6 is 0 Å². The van der Waals surface area contributed by atoms with Gasteiger partial charge in [-0.3, -0.25) is 0 Å². The van der Waals surface area contributed by atoms with Crippen molar-refractivity contribution in [1.29, 1.82) is 0 Å². The molecule has 0 radical (unpaired) electrons. The molecule has 4 heteroatoms. The third kappa shape index (κ3) is 5.97. The van der Waals surface area contributed by atoms with Crippen LogP contribution in [0.2, 0.25) is 0 Å². The normalized spacial score (nSPS) is 12.8. The Morgan fingerprint density at radius 2 is 2.08 bits per heavy atom. The van der Waals surface area contributed by atoms with Crippen molar-refractivity contribution in [3.8, 4) is 0 Å². The lowest BCUT2D eigenvalue weighted by Crippen LogP contribution is -2.38. The SMILES string of the molecule is CC(C)COC(=O)N[C@H](C)CN. The molecule has 1 amide bonds. The van der Waals surface area contributed by atoms with Crippen LogP contribution in [0.3, 0.4) is 0 Å². The predicted octanol–water partition coefficient (Wildman–Crippen LogP) is 0.716. The summed E-state index contributed by atoms with van der Waals surface area (Å²) in [4.78, 5) is 10.9. The second-order valence-corrected chi connectivity index (χ2v) is 3.27. The zero-order chi connectivity index (χ0) is 9.56. The smallest absolute Gasteiger partial charge is 0.407 e. The van der Waals surface area contributed by atoms with E-state index in [0.29, 0.717) is 19.1 Å². The van der Waals surface area contributed by atoms with Crippen LogP contribution in [0, 0.1) is 5.92 Å². The molecule has 0 spiro atoms. The highest BCUT2D eigenvalue weighted by Gasteiger charge is 2.06. The third-order valence-corrected chi connectivity index (χ3v) is 1.27. The molecule has 0 aliphatic heterocycles. The number of carbonyl (C=O) groups excluding carboxylic acids is 1. The van der Waals surface area contributed by atoms with Crippen LogP contribution in [-0.4, -0.2) is 25.3 Å². The number of alkyl carbamates (subject to hydrolysis) is 1. The molecule has 0 heterocycles. The van der Waals surface area contributed by atoms with Crippen molar-refractivity contribution in [2.75, 3.05) is 13.2 Å². The fraction of sp³-hybridized carbons (Fsp3) is 0.875. The topological polar surface area (TPSA) is 64.3 Å². The summed E-state index contributed by atoms with van der Waals surface area (Å²) in [5.41, 5.74) is 5.31. The molecule has 0 rings (SSSR count). The van der Waals surface area contributed by atoms with E-state index in [4.69, 9.17) is 10.5 Å². The van der Waals surface area contributed by atoms with Gasteiger partial charge in [0.1, 0.15) is 0 Å². The van der Waals surface area contributed by atoms with E-state index in [-0.39, 0.29) is 12.1 Å². The van der Waals surface area contributed by atoms with Crippen LogP contribution in [0.25, 0.3) is 0 Å². The maximum atomic E-state index is 10.9. The fourth-order valence-electron chi connectivity index (χ4n) is 0.544. The summed E-state index contributed by atoms with van der Waals surface area (Å²) >= 11 is 0. The Kier molecular flexibility index (Phi) is 5.45. The van der Waals surface area contributed by atoms with Crippen molar-refractivity contribution < 1.29 is 9.53 Å². The van der Waals surface area contributed by atoms with Gasteiger partial charge in [0, 0.05) is 12.6 Å². The predicted molar refractivity (Wildman–Crippen MR) is 47.8 cm³/mol. The minimum absolute atomic E-state index is 0.0235.